The van der Waals surface area contributed by atoms with Crippen LogP contribution >= 0.6 is 0 Å². The van der Waals surface area contributed by atoms with Crippen LogP contribution in [-0.4, -0.2) is 29.4 Å². The third kappa shape index (κ3) is 6.69. The molecule has 0 aromatic heterocycles. The van der Waals surface area contributed by atoms with Crippen molar-refractivity contribution in [3.8, 4) is 0 Å². The van der Waals surface area contributed by atoms with Crippen molar-refractivity contribution in [2.45, 2.75) is 12.7 Å². The number of rotatable bonds is 7. The van der Waals surface area contributed by atoms with E-state index in [2.05, 4.69) is 5.32 Å². The number of esters is 1. The zero-order valence-electron chi connectivity index (χ0n) is 15.6. The molecule has 0 saturated heterocycles. The minimum atomic E-state index is -4.96. The second kappa shape index (κ2) is 9.56. The Morgan fingerprint density at radius 3 is 2.29 bits per heavy atom. The van der Waals surface area contributed by atoms with Crippen molar-refractivity contribution >= 4 is 29.3 Å². The second-order valence-electron chi connectivity index (χ2n) is 6.02. The number of nitrogens with two attached hydrogens (primary N) is 1. The van der Waals surface area contributed by atoms with Gasteiger partial charge in [-0.25, -0.2) is 9.59 Å². The molecule has 0 aliphatic heterocycles. The Hall–Kier alpha value is -4.16. The lowest BCUT2D eigenvalue weighted by Gasteiger charge is -2.13. The van der Waals surface area contributed by atoms with E-state index in [0.717, 1.165) is 12.1 Å². The minimum absolute atomic E-state index is 0.0574. The number of nitro groups is 1. The van der Waals surface area contributed by atoms with Gasteiger partial charge in [0.2, 0.25) is 0 Å². The van der Waals surface area contributed by atoms with Crippen molar-refractivity contribution in [1.82, 2.24) is 5.32 Å². The van der Waals surface area contributed by atoms with Gasteiger partial charge in [-0.05, 0) is 23.8 Å². The first kappa shape index (κ1) is 23.1. The predicted octanol–water partition coefficient (Wildman–Crippen LogP) is 2.58. The van der Waals surface area contributed by atoms with Crippen molar-refractivity contribution < 1.29 is 37.2 Å². The number of carbonyl (C=O) groups is 3. The number of carbonyl (C=O) groups excluding carboxylic acids is 3. The number of non-ortho nitro benzene ring substituents is 1. The van der Waals surface area contributed by atoms with E-state index in [1.54, 1.807) is 0 Å². The third-order valence-corrected chi connectivity index (χ3v) is 3.78. The SMILES string of the molecule is NC(=O)NCc1ccc(C(=O)OCC(=O)Nc2ccc([N+](=O)[O-])cc2C(F)(F)F)cc1. The Kier molecular flexibility index (Phi) is 7.13. The first-order valence-electron chi connectivity index (χ1n) is 8.42. The van der Waals surface area contributed by atoms with Crippen LogP contribution in [0.5, 0.6) is 0 Å². The Morgan fingerprint density at radius 1 is 1.10 bits per heavy atom. The molecule has 10 nitrogen and oxygen atoms in total. The van der Waals surface area contributed by atoms with Crippen molar-refractivity contribution in [2.75, 3.05) is 11.9 Å². The van der Waals surface area contributed by atoms with Crippen molar-refractivity contribution in [3.63, 3.8) is 0 Å². The Labute approximate surface area is 172 Å². The van der Waals surface area contributed by atoms with Crippen LogP contribution in [0.3, 0.4) is 0 Å². The van der Waals surface area contributed by atoms with Crippen LogP contribution in [0, 0.1) is 10.1 Å². The number of nitro benzene ring substituents is 1. The van der Waals surface area contributed by atoms with Crippen molar-refractivity contribution in [3.05, 3.63) is 69.3 Å². The Morgan fingerprint density at radius 2 is 1.74 bits per heavy atom. The maximum absolute atomic E-state index is 13.1. The molecule has 0 fully saturated rings. The quantitative estimate of drug-likeness (QED) is 0.342. The third-order valence-electron chi connectivity index (χ3n) is 3.78. The number of anilines is 1. The fourth-order valence-corrected chi connectivity index (χ4v) is 2.34. The highest BCUT2D eigenvalue weighted by Crippen LogP contribution is 2.37. The maximum atomic E-state index is 13.1. The summed E-state index contributed by atoms with van der Waals surface area (Å²) in [5.74, 6) is -1.99. The molecule has 2 aromatic rings. The van der Waals surface area contributed by atoms with Crippen LogP contribution in [0.1, 0.15) is 21.5 Å². The normalized spacial score (nSPS) is 10.8. The zero-order chi connectivity index (χ0) is 23.2. The fourth-order valence-electron chi connectivity index (χ4n) is 2.34. The van der Waals surface area contributed by atoms with E-state index in [9.17, 15) is 37.7 Å². The fraction of sp³-hybridized carbons (Fsp3) is 0.167. The average Bonchev–Trinajstić information content (AvgIpc) is 2.70. The summed E-state index contributed by atoms with van der Waals surface area (Å²) < 4.78 is 44.1. The lowest BCUT2D eigenvalue weighted by atomic mass is 10.1. The highest BCUT2D eigenvalue weighted by Gasteiger charge is 2.35. The van der Waals surface area contributed by atoms with E-state index in [-0.39, 0.29) is 18.2 Å². The van der Waals surface area contributed by atoms with E-state index in [4.69, 9.17) is 10.5 Å². The van der Waals surface area contributed by atoms with Crippen LogP contribution in [-0.2, 0) is 22.3 Å². The Bertz CT molecular complexity index is 1010. The summed E-state index contributed by atoms with van der Waals surface area (Å²) >= 11 is 0. The molecule has 0 saturated carbocycles. The molecule has 13 heteroatoms. The van der Waals surface area contributed by atoms with Gasteiger partial charge in [0.05, 0.1) is 21.7 Å². The van der Waals surface area contributed by atoms with Gasteiger partial charge in [0, 0.05) is 18.7 Å². The number of nitrogens with one attached hydrogen (secondary N) is 2. The van der Waals surface area contributed by atoms with Gasteiger partial charge in [-0.2, -0.15) is 13.2 Å². The van der Waals surface area contributed by atoms with Gasteiger partial charge >= 0.3 is 18.2 Å². The van der Waals surface area contributed by atoms with Crippen LogP contribution < -0.4 is 16.4 Å². The van der Waals surface area contributed by atoms with E-state index < -0.39 is 52.6 Å². The zero-order valence-corrected chi connectivity index (χ0v) is 15.6. The molecule has 0 aliphatic rings. The van der Waals surface area contributed by atoms with Crippen LogP contribution in [0.25, 0.3) is 0 Å². The average molecular weight is 440 g/mol. The maximum Gasteiger partial charge on any atom is 0.418 e. The number of nitrogens with zero attached hydrogens (tertiary/aromatic N) is 1. The van der Waals surface area contributed by atoms with Gasteiger partial charge in [0.1, 0.15) is 0 Å². The van der Waals surface area contributed by atoms with Crippen LogP contribution in [0.4, 0.5) is 29.3 Å². The molecule has 0 atom stereocenters. The molecule has 3 amide bonds. The van der Waals surface area contributed by atoms with Crippen molar-refractivity contribution in [2.24, 2.45) is 5.73 Å². The number of hydrogen-bond acceptors (Lipinski definition) is 6. The molecule has 2 aromatic carbocycles. The number of alkyl halides is 3. The van der Waals surface area contributed by atoms with Gasteiger partial charge in [-0.1, -0.05) is 12.1 Å². The van der Waals surface area contributed by atoms with E-state index in [1.807, 2.05) is 5.32 Å². The van der Waals surface area contributed by atoms with E-state index in [0.29, 0.717) is 5.56 Å². The lowest BCUT2D eigenvalue weighted by molar-refractivity contribution is -0.385. The summed E-state index contributed by atoms with van der Waals surface area (Å²) in [5.41, 5.74) is 2.70. The van der Waals surface area contributed by atoms with Crippen LogP contribution in [0.2, 0.25) is 0 Å². The molecule has 0 bridgehead atoms. The minimum Gasteiger partial charge on any atom is -0.452 e. The molecule has 0 spiro atoms. The molecule has 164 valence electrons. The lowest BCUT2D eigenvalue weighted by Crippen LogP contribution is -2.28. The first-order chi connectivity index (χ1) is 14.5. The first-order valence-corrected chi connectivity index (χ1v) is 8.42. The highest BCUT2D eigenvalue weighted by molar-refractivity contribution is 5.96. The summed E-state index contributed by atoms with van der Waals surface area (Å²) in [4.78, 5) is 44.2. The van der Waals surface area contributed by atoms with Gasteiger partial charge < -0.3 is 21.1 Å². The number of amides is 3. The largest absolute Gasteiger partial charge is 0.452 e. The summed E-state index contributed by atoms with van der Waals surface area (Å²) in [7, 11) is 0. The molecule has 31 heavy (non-hydrogen) atoms. The number of ether oxygens (including phenoxy) is 1. The monoisotopic (exact) mass is 440 g/mol. The number of halogens is 3. The molecule has 0 aliphatic carbocycles. The topological polar surface area (TPSA) is 154 Å². The summed E-state index contributed by atoms with van der Waals surface area (Å²) in [6, 6.07) is 6.81. The van der Waals surface area contributed by atoms with E-state index in [1.165, 1.54) is 24.3 Å². The van der Waals surface area contributed by atoms with Gasteiger partial charge in [-0.3, -0.25) is 14.9 Å². The van der Waals surface area contributed by atoms with Crippen LogP contribution in [0.15, 0.2) is 42.5 Å². The van der Waals surface area contributed by atoms with Gasteiger partial charge in [0.15, 0.2) is 6.61 Å². The molecular formula is C18H15F3N4O6. The highest BCUT2D eigenvalue weighted by atomic mass is 19.4. The molecule has 0 heterocycles. The number of hydrogen-bond donors (Lipinski definition) is 3. The molecule has 2 rings (SSSR count). The summed E-state index contributed by atoms with van der Waals surface area (Å²) in [5, 5.41) is 14.9. The van der Waals surface area contributed by atoms with Gasteiger partial charge in [-0.15, -0.1) is 0 Å². The molecule has 4 N–H and O–H groups in total. The van der Waals surface area contributed by atoms with Gasteiger partial charge in [0.25, 0.3) is 11.6 Å². The molecule has 0 radical (unpaired) electrons. The summed E-state index contributed by atoms with van der Waals surface area (Å²) in [6.45, 7) is -0.762. The number of primary amides is 1. The Balaban J connectivity index is 1.99. The van der Waals surface area contributed by atoms with Crippen molar-refractivity contribution in [1.29, 1.82) is 0 Å². The molecule has 0 unspecified atom stereocenters. The van der Waals surface area contributed by atoms with E-state index >= 15 is 0 Å². The number of urea groups is 1. The predicted molar refractivity (Wildman–Crippen MR) is 99.9 cm³/mol. The standard InChI is InChI=1S/C18H15F3N4O6/c19-18(20,21)13-7-12(25(29)30)5-6-14(13)24-15(26)9-31-16(27)11-3-1-10(2-4-11)8-23-17(22)28/h1-7H,8-9H2,(H,24,26)(H3,22,23,28). The smallest absolute Gasteiger partial charge is 0.418 e. The second-order valence-corrected chi connectivity index (χ2v) is 6.02. The summed E-state index contributed by atoms with van der Waals surface area (Å²) in [6.07, 6.45) is -4.96. The number of benzene rings is 2. The molecular weight excluding hydrogens is 425 g/mol.